The maximum absolute atomic E-state index is 12.2. The van der Waals surface area contributed by atoms with E-state index in [0.29, 0.717) is 5.75 Å². The Labute approximate surface area is 170 Å². The molecular formula is C23H25NO5. The van der Waals surface area contributed by atoms with Gasteiger partial charge < -0.3 is 18.8 Å². The first-order valence-corrected chi connectivity index (χ1v) is 9.47. The number of carbonyl (C=O) groups excluding carboxylic acids is 2. The highest BCUT2D eigenvalue weighted by molar-refractivity contribution is 5.88. The monoisotopic (exact) mass is 395 g/mol. The van der Waals surface area contributed by atoms with Gasteiger partial charge in [0.15, 0.2) is 6.10 Å². The van der Waals surface area contributed by atoms with Gasteiger partial charge in [-0.1, -0.05) is 36.4 Å². The van der Waals surface area contributed by atoms with Crippen LogP contribution in [0.25, 0.3) is 10.9 Å². The van der Waals surface area contributed by atoms with Gasteiger partial charge in [0, 0.05) is 30.5 Å². The first-order valence-electron chi connectivity index (χ1n) is 9.47. The molecule has 0 radical (unpaired) electrons. The lowest BCUT2D eigenvalue weighted by Crippen LogP contribution is -2.29. The molecule has 0 amide bonds. The summed E-state index contributed by atoms with van der Waals surface area (Å²) in [5.74, 6) is -0.338. The van der Waals surface area contributed by atoms with Crippen LogP contribution in [-0.4, -0.2) is 36.8 Å². The average molecular weight is 395 g/mol. The third kappa shape index (κ3) is 4.77. The molecule has 0 saturated heterocycles. The van der Waals surface area contributed by atoms with E-state index in [1.807, 2.05) is 49.4 Å². The lowest BCUT2D eigenvalue weighted by atomic mass is 10.2. The Bertz CT molecular complexity index is 993. The van der Waals surface area contributed by atoms with Gasteiger partial charge in [0.05, 0.1) is 19.7 Å². The largest absolute Gasteiger partial charge is 0.478 e. The van der Waals surface area contributed by atoms with Crippen molar-refractivity contribution in [2.45, 2.75) is 32.4 Å². The first kappa shape index (κ1) is 20.5. The molecule has 1 atom stereocenters. The second kappa shape index (κ2) is 9.28. The molecule has 152 valence electrons. The molecule has 0 bridgehead atoms. The Morgan fingerprint density at radius 2 is 1.76 bits per heavy atom. The molecule has 29 heavy (non-hydrogen) atoms. The van der Waals surface area contributed by atoms with E-state index in [-0.39, 0.29) is 12.8 Å². The summed E-state index contributed by atoms with van der Waals surface area (Å²) in [6, 6.07) is 18.0. The number of nitrogens with zero attached hydrogens (tertiary/aromatic N) is 1. The molecule has 3 aromatic rings. The summed E-state index contributed by atoms with van der Waals surface area (Å²) in [6.45, 7) is 2.78. The summed E-state index contributed by atoms with van der Waals surface area (Å²) in [6.07, 6.45) is -0.637. The Balaban J connectivity index is 1.90. The number of carbonyl (C=O) groups is 2. The van der Waals surface area contributed by atoms with E-state index < -0.39 is 18.0 Å². The van der Waals surface area contributed by atoms with Crippen LogP contribution in [0.2, 0.25) is 0 Å². The Morgan fingerprint density at radius 1 is 1.00 bits per heavy atom. The third-order valence-corrected chi connectivity index (χ3v) is 4.87. The number of esters is 2. The summed E-state index contributed by atoms with van der Waals surface area (Å²) >= 11 is 0. The maximum Gasteiger partial charge on any atom is 0.347 e. The Kier molecular flexibility index (Phi) is 6.54. The van der Waals surface area contributed by atoms with E-state index in [0.717, 1.165) is 23.1 Å². The normalized spacial score (nSPS) is 11.8. The molecule has 0 fully saturated rings. The SMILES string of the molecule is COC(=O)CCC(Oc1cccc2c1cc(C)n2Cc1ccccc1)C(=O)OC. The van der Waals surface area contributed by atoms with Gasteiger partial charge in [-0.25, -0.2) is 4.79 Å². The summed E-state index contributed by atoms with van der Waals surface area (Å²) in [5, 5.41) is 0.910. The topological polar surface area (TPSA) is 66.8 Å². The van der Waals surface area contributed by atoms with E-state index >= 15 is 0 Å². The van der Waals surface area contributed by atoms with Crippen molar-refractivity contribution in [2.75, 3.05) is 14.2 Å². The summed E-state index contributed by atoms with van der Waals surface area (Å²) < 4.78 is 17.7. The van der Waals surface area contributed by atoms with E-state index in [1.54, 1.807) is 0 Å². The van der Waals surface area contributed by atoms with Crippen molar-refractivity contribution in [3.05, 3.63) is 65.9 Å². The molecule has 6 nitrogen and oxygen atoms in total. The number of aromatic nitrogens is 1. The van der Waals surface area contributed by atoms with Gasteiger partial charge in [-0.2, -0.15) is 0 Å². The van der Waals surface area contributed by atoms with Crippen molar-refractivity contribution in [2.24, 2.45) is 0 Å². The molecular weight excluding hydrogens is 370 g/mol. The zero-order chi connectivity index (χ0) is 20.8. The molecule has 0 aliphatic carbocycles. The quantitative estimate of drug-likeness (QED) is 0.542. The molecule has 3 rings (SSSR count). The van der Waals surface area contributed by atoms with Crippen molar-refractivity contribution in [1.29, 1.82) is 0 Å². The third-order valence-electron chi connectivity index (χ3n) is 4.87. The van der Waals surface area contributed by atoms with Gasteiger partial charge in [-0.05, 0) is 30.7 Å². The lowest BCUT2D eigenvalue weighted by molar-refractivity contribution is -0.150. The van der Waals surface area contributed by atoms with Crippen LogP contribution in [-0.2, 0) is 25.6 Å². The number of rotatable bonds is 8. The minimum absolute atomic E-state index is 0.0697. The van der Waals surface area contributed by atoms with Gasteiger partial charge in [0.25, 0.3) is 0 Å². The number of hydrogen-bond donors (Lipinski definition) is 0. The van der Waals surface area contributed by atoms with E-state index in [2.05, 4.69) is 21.4 Å². The van der Waals surface area contributed by atoms with Crippen molar-refractivity contribution in [3.63, 3.8) is 0 Å². The zero-order valence-electron chi connectivity index (χ0n) is 16.9. The predicted molar refractivity (Wildman–Crippen MR) is 110 cm³/mol. The average Bonchev–Trinajstić information content (AvgIpc) is 3.07. The highest BCUT2D eigenvalue weighted by Gasteiger charge is 2.24. The van der Waals surface area contributed by atoms with Gasteiger partial charge in [0.2, 0.25) is 0 Å². The van der Waals surface area contributed by atoms with Crippen LogP contribution < -0.4 is 4.74 Å². The van der Waals surface area contributed by atoms with Crippen LogP contribution in [0.3, 0.4) is 0 Å². The molecule has 2 aromatic carbocycles. The number of ether oxygens (including phenoxy) is 3. The standard InChI is InChI=1S/C23H25NO5/c1-16-14-18-19(24(16)15-17-8-5-4-6-9-17)10-7-11-20(18)29-21(23(26)28-3)12-13-22(25)27-2/h4-11,14,21H,12-13,15H2,1-3H3. The maximum atomic E-state index is 12.2. The fraction of sp³-hybridized carbons (Fsp3) is 0.304. The molecule has 0 aliphatic rings. The van der Waals surface area contributed by atoms with Crippen LogP contribution in [0.4, 0.5) is 0 Å². The molecule has 0 N–H and O–H groups in total. The van der Waals surface area contributed by atoms with Crippen LogP contribution in [0.1, 0.15) is 24.1 Å². The van der Waals surface area contributed by atoms with E-state index in [4.69, 9.17) is 9.47 Å². The minimum Gasteiger partial charge on any atom is -0.478 e. The lowest BCUT2D eigenvalue weighted by Gasteiger charge is -2.17. The first-order chi connectivity index (χ1) is 14.0. The minimum atomic E-state index is -0.887. The highest BCUT2D eigenvalue weighted by atomic mass is 16.6. The molecule has 0 saturated carbocycles. The smallest absolute Gasteiger partial charge is 0.347 e. The number of methoxy groups -OCH3 is 2. The van der Waals surface area contributed by atoms with Crippen molar-refractivity contribution in [3.8, 4) is 5.75 Å². The number of aryl methyl sites for hydroxylation is 1. The van der Waals surface area contributed by atoms with Crippen molar-refractivity contribution >= 4 is 22.8 Å². The molecule has 0 spiro atoms. The van der Waals surface area contributed by atoms with Crippen molar-refractivity contribution in [1.82, 2.24) is 4.57 Å². The highest BCUT2D eigenvalue weighted by Crippen LogP contribution is 2.30. The molecule has 1 unspecified atom stereocenters. The summed E-state index contributed by atoms with van der Waals surface area (Å²) in [4.78, 5) is 23.6. The van der Waals surface area contributed by atoms with Crippen LogP contribution in [0.5, 0.6) is 5.75 Å². The number of fused-ring (bicyclic) bond motifs is 1. The second-order valence-corrected chi connectivity index (χ2v) is 6.79. The van der Waals surface area contributed by atoms with E-state index in [9.17, 15) is 9.59 Å². The van der Waals surface area contributed by atoms with Gasteiger partial charge >= 0.3 is 11.9 Å². The molecule has 1 aromatic heterocycles. The van der Waals surface area contributed by atoms with Crippen LogP contribution >= 0.6 is 0 Å². The fourth-order valence-electron chi connectivity index (χ4n) is 3.33. The van der Waals surface area contributed by atoms with Crippen molar-refractivity contribution < 1.29 is 23.8 Å². The van der Waals surface area contributed by atoms with Gasteiger partial charge in [0.1, 0.15) is 5.75 Å². The van der Waals surface area contributed by atoms with Crippen LogP contribution in [0, 0.1) is 6.92 Å². The fourth-order valence-corrected chi connectivity index (χ4v) is 3.33. The number of benzene rings is 2. The molecule has 1 heterocycles. The molecule has 0 aliphatic heterocycles. The van der Waals surface area contributed by atoms with Crippen LogP contribution in [0.15, 0.2) is 54.6 Å². The number of hydrogen-bond acceptors (Lipinski definition) is 5. The Morgan fingerprint density at radius 3 is 2.45 bits per heavy atom. The summed E-state index contributed by atoms with van der Waals surface area (Å²) in [7, 11) is 2.62. The Hall–Kier alpha value is -3.28. The van der Waals surface area contributed by atoms with Gasteiger partial charge in [-0.3, -0.25) is 4.79 Å². The molecule has 6 heteroatoms. The predicted octanol–water partition coefficient (Wildman–Crippen LogP) is 3.87. The second-order valence-electron chi connectivity index (χ2n) is 6.79. The zero-order valence-corrected chi connectivity index (χ0v) is 16.9. The van der Waals surface area contributed by atoms with Gasteiger partial charge in [-0.15, -0.1) is 0 Å². The summed E-state index contributed by atoms with van der Waals surface area (Å²) in [5.41, 5.74) is 3.30. The van der Waals surface area contributed by atoms with E-state index in [1.165, 1.54) is 19.8 Å².